The van der Waals surface area contributed by atoms with Crippen LogP contribution in [0.2, 0.25) is 0 Å². The summed E-state index contributed by atoms with van der Waals surface area (Å²) in [5.41, 5.74) is 2.88. The Hall–Kier alpha value is -3.19. The molecule has 0 aliphatic carbocycles. The molecule has 36 heavy (non-hydrogen) atoms. The van der Waals surface area contributed by atoms with E-state index in [1.165, 1.54) is 12.1 Å². The largest absolute Gasteiger partial charge is 0.458 e. The summed E-state index contributed by atoms with van der Waals surface area (Å²) in [5, 5.41) is 4.33. The zero-order valence-corrected chi connectivity index (χ0v) is 21.7. The van der Waals surface area contributed by atoms with Gasteiger partial charge in [0.15, 0.2) is 0 Å². The summed E-state index contributed by atoms with van der Waals surface area (Å²) in [6, 6.07) is 11.7. The molecule has 2 aromatic carbocycles. The van der Waals surface area contributed by atoms with Crippen LogP contribution in [0, 0.1) is 11.7 Å². The number of anilines is 1. The molecule has 6 nitrogen and oxygen atoms in total. The average molecular weight is 497 g/mol. The van der Waals surface area contributed by atoms with Gasteiger partial charge in [0.25, 0.3) is 5.91 Å². The van der Waals surface area contributed by atoms with Crippen molar-refractivity contribution >= 4 is 28.8 Å². The van der Waals surface area contributed by atoms with Crippen molar-refractivity contribution in [2.24, 2.45) is 5.92 Å². The third-order valence-electron chi connectivity index (χ3n) is 6.57. The first-order chi connectivity index (χ1) is 17.4. The molecule has 7 heteroatoms. The van der Waals surface area contributed by atoms with Gasteiger partial charge in [0.1, 0.15) is 23.4 Å². The van der Waals surface area contributed by atoms with Gasteiger partial charge in [0.05, 0.1) is 12.6 Å². The summed E-state index contributed by atoms with van der Waals surface area (Å²) in [6.07, 6.45) is 5.52. The number of nitrogens with one attached hydrogen (secondary N) is 1. The molecule has 1 amide bonds. The maximum atomic E-state index is 14.1. The number of benzene rings is 2. The highest BCUT2D eigenvalue weighted by atomic mass is 19.1. The van der Waals surface area contributed by atoms with Gasteiger partial charge in [-0.1, -0.05) is 33.1 Å². The number of methoxy groups -OCH3 is 1. The predicted molar refractivity (Wildman–Crippen MR) is 141 cm³/mol. The van der Waals surface area contributed by atoms with Crippen molar-refractivity contribution in [3.8, 4) is 0 Å². The molecule has 2 unspecified atom stereocenters. The Morgan fingerprint density at radius 2 is 1.94 bits per heavy atom. The lowest BCUT2D eigenvalue weighted by Gasteiger charge is -2.26. The number of rotatable bonds is 14. The molecule has 0 radical (unpaired) electrons. The number of carbonyl (C=O) groups excluding carboxylic acids is 2. The van der Waals surface area contributed by atoms with Crippen molar-refractivity contribution in [3.05, 3.63) is 65.2 Å². The van der Waals surface area contributed by atoms with E-state index in [1.807, 2.05) is 12.1 Å². The SMILES string of the molecule is CCCCCC(C)C(Nc1ccc(C(=O)N(C)CCC=O)cc1)c1oc2ccc(F)cc2c1COC. The maximum absolute atomic E-state index is 14.1. The molecule has 0 aliphatic rings. The van der Waals surface area contributed by atoms with Gasteiger partial charge in [-0.25, -0.2) is 4.39 Å². The molecule has 0 aliphatic heterocycles. The fraction of sp³-hybridized carbons (Fsp3) is 0.448. The minimum absolute atomic E-state index is 0.130. The number of ether oxygens (including phenoxy) is 1. The number of hydrogen-bond acceptors (Lipinski definition) is 5. The van der Waals surface area contributed by atoms with E-state index in [-0.39, 0.29) is 23.7 Å². The molecular formula is C29H37FN2O4. The van der Waals surface area contributed by atoms with Crippen LogP contribution >= 0.6 is 0 Å². The van der Waals surface area contributed by atoms with Gasteiger partial charge < -0.3 is 24.2 Å². The van der Waals surface area contributed by atoms with E-state index >= 15 is 0 Å². The molecule has 1 aromatic heterocycles. The minimum Gasteiger partial charge on any atom is -0.458 e. The van der Waals surface area contributed by atoms with Gasteiger partial charge in [-0.15, -0.1) is 0 Å². The zero-order valence-electron chi connectivity index (χ0n) is 21.7. The van der Waals surface area contributed by atoms with Gasteiger partial charge in [-0.05, 0) is 54.8 Å². The van der Waals surface area contributed by atoms with Gasteiger partial charge in [-0.3, -0.25) is 4.79 Å². The van der Waals surface area contributed by atoms with Gasteiger partial charge in [-0.2, -0.15) is 0 Å². The quantitative estimate of drug-likeness (QED) is 0.197. The Morgan fingerprint density at radius 1 is 1.19 bits per heavy atom. The lowest BCUT2D eigenvalue weighted by atomic mass is 9.91. The summed E-state index contributed by atoms with van der Waals surface area (Å²) in [5.74, 6) is 0.532. The first-order valence-electron chi connectivity index (χ1n) is 12.6. The smallest absolute Gasteiger partial charge is 0.253 e. The summed E-state index contributed by atoms with van der Waals surface area (Å²) in [4.78, 5) is 24.8. The lowest BCUT2D eigenvalue weighted by Crippen LogP contribution is -2.27. The lowest BCUT2D eigenvalue weighted by molar-refractivity contribution is -0.108. The monoisotopic (exact) mass is 496 g/mol. The second kappa shape index (κ2) is 13.2. The molecule has 2 atom stereocenters. The highest BCUT2D eigenvalue weighted by molar-refractivity contribution is 5.94. The van der Waals surface area contributed by atoms with Crippen LogP contribution in [0.1, 0.15) is 73.7 Å². The molecule has 0 fully saturated rings. The van der Waals surface area contributed by atoms with E-state index in [0.29, 0.717) is 30.7 Å². The summed E-state index contributed by atoms with van der Waals surface area (Å²) in [7, 11) is 3.31. The molecule has 0 spiro atoms. The van der Waals surface area contributed by atoms with Crippen LogP contribution in [-0.4, -0.2) is 37.8 Å². The van der Waals surface area contributed by atoms with Crippen molar-refractivity contribution in [2.45, 2.75) is 58.6 Å². The number of carbonyl (C=O) groups is 2. The molecule has 3 rings (SSSR count). The Kier molecular flexibility index (Phi) is 10.1. The average Bonchev–Trinajstić information content (AvgIpc) is 3.23. The fourth-order valence-electron chi connectivity index (χ4n) is 4.49. The minimum atomic E-state index is -0.314. The third kappa shape index (κ3) is 6.72. The van der Waals surface area contributed by atoms with Gasteiger partial charge in [0, 0.05) is 49.3 Å². The highest BCUT2D eigenvalue weighted by Crippen LogP contribution is 2.38. The predicted octanol–water partition coefficient (Wildman–Crippen LogP) is 6.75. The summed E-state index contributed by atoms with van der Waals surface area (Å²) in [6.45, 7) is 5.07. The van der Waals surface area contributed by atoms with E-state index in [2.05, 4.69) is 19.2 Å². The van der Waals surface area contributed by atoms with E-state index in [0.717, 1.165) is 54.4 Å². The van der Waals surface area contributed by atoms with Crippen LogP contribution < -0.4 is 5.32 Å². The number of nitrogens with zero attached hydrogens (tertiary/aromatic N) is 1. The summed E-state index contributed by atoms with van der Waals surface area (Å²) >= 11 is 0. The van der Waals surface area contributed by atoms with Crippen molar-refractivity contribution < 1.29 is 23.1 Å². The number of hydrogen-bond donors (Lipinski definition) is 1. The van der Waals surface area contributed by atoms with Crippen LogP contribution in [0.25, 0.3) is 11.0 Å². The van der Waals surface area contributed by atoms with Gasteiger partial charge in [0.2, 0.25) is 0 Å². The van der Waals surface area contributed by atoms with Gasteiger partial charge >= 0.3 is 0 Å². The number of fused-ring (bicyclic) bond motifs is 1. The number of unbranched alkanes of at least 4 members (excludes halogenated alkanes) is 2. The number of halogens is 1. The molecule has 0 saturated carbocycles. The van der Waals surface area contributed by atoms with Crippen molar-refractivity contribution in [2.75, 3.05) is 26.0 Å². The molecule has 1 N–H and O–H groups in total. The molecule has 0 bridgehead atoms. The van der Waals surface area contributed by atoms with Crippen LogP contribution in [-0.2, 0) is 16.1 Å². The van der Waals surface area contributed by atoms with Crippen LogP contribution in [0.3, 0.4) is 0 Å². The Balaban J connectivity index is 1.92. The Morgan fingerprint density at radius 3 is 2.61 bits per heavy atom. The van der Waals surface area contributed by atoms with Crippen molar-refractivity contribution in [3.63, 3.8) is 0 Å². The van der Waals surface area contributed by atoms with E-state index in [4.69, 9.17) is 9.15 Å². The van der Waals surface area contributed by atoms with Crippen LogP contribution in [0.4, 0.5) is 10.1 Å². The normalized spacial score (nSPS) is 12.9. The summed E-state index contributed by atoms with van der Waals surface area (Å²) < 4.78 is 25.8. The van der Waals surface area contributed by atoms with E-state index in [1.54, 1.807) is 37.3 Å². The Labute approximate surface area is 212 Å². The molecule has 1 heterocycles. The Bertz CT molecular complexity index is 1140. The standard InChI is InChI=1S/C29H37FN2O4/c1-5-6-7-9-20(2)27(28-25(19-35-4)24-18-22(30)12-15-26(24)36-28)31-23-13-10-21(11-14-23)29(34)32(3)16-8-17-33/h10-15,17-18,20,27,31H,5-9,16,19H2,1-4H3. The van der Waals surface area contributed by atoms with E-state index < -0.39 is 0 Å². The van der Waals surface area contributed by atoms with Crippen LogP contribution in [0.5, 0.6) is 0 Å². The second-order valence-corrected chi connectivity index (χ2v) is 9.37. The number of amides is 1. The highest BCUT2D eigenvalue weighted by Gasteiger charge is 2.28. The third-order valence-corrected chi connectivity index (χ3v) is 6.57. The van der Waals surface area contributed by atoms with Crippen molar-refractivity contribution in [1.29, 1.82) is 0 Å². The first kappa shape index (κ1) is 27.4. The second-order valence-electron chi connectivity index (χ2n) is 9.37. The molecule has 194 valence electrons. The number of aldehydes is 1. The molecular weight excluding hydrogens is 459 g/mol. The first-order valence-corrected chi connectivity index (χ1v) is 12.6. The molecule has 0 saturated heterocycles. The number of furan rings is 1. The maximum Gasteiger partial charge on any atom is 0.253 e. The fourth-order valence-corrected chi connectivity index (χ4v) is 4.49. The molecule has 3 aromatic rings. The van der Waals surface area contributed by atoms with Crippen molar-refractivity contribution in [1.82, 2.24) is 4.90 Å². The topological polar surface area (TPSA) is 71.8 Å². The zero-order chi connectivity index (χ0) is 26.1. The van der Waals surface area contributed by atoms with Crippen LogP contribution in [0.15, 0.2) is 46.9 Å². The van der Waals surface area contributed by atoms with E-state index in [9.17, 15) is 14.0 Å².